The fourth-order valence-corrected chi connectivity index (χ4v) is 2.99. The first-order chi connectivity index (χ1) is 11.0. The van der Waals surface area contributed by atoms with Gasteiger partial charge in [-0.15, -0.1) is 0 Å². The van der Waals surface area contributed by atoms with E-state index in [2.05, 4.69) is 5.32 Å². The van der Waals surface area contributed by atoms with Crippen molar-refractivity contribution < 1.29 is 9.59 Å². The molecule has 0 radical (unpaired) electrons. The first kappa shape index (κ1) is 17.3. The molecule has 0 unspecified atom stereocenters. The Kier molecular flexibility index (Phi) is 6.02. The number of nitrogens with one attached hydrogen (secondary N) is 1. The van der Waals surface area contributed by atoms with Gasteiger partial charge in [0.05, 0.1) is 0 Å². The molecule has 0 atom stereocenters. The molecule has 1 saturated heterocycles. The van der Waals surface area contributed by atoms with E-state index in [1.54, 1.807) is 0 Å². The van der Waals surface area contributed by atoms with E-state index in [1.807, 2.05) is 54.8 Å². The third kappa shape index (κ3) is 4.47. The highest BCUT2D eigenvalue weighted by Gasteiger charge is 2.28. The Morgan fingerprint density at radius 2 is 1.87 bits per heavy atom. The van der Waals surface area contributed by atoms with Crippen molar-refractivity contribution in [1.82, 2.24) is 9.80 Å². The maximum atomic E-state index is 12.4. The summed E-state index contributed by atoms with van der Waals surface area (Å²) < 4.78 is 0. The molecule has 126 valence electrons. The molecule has 1 aliphatic heterocycles. The number of likely N-dealkylation sites (tertiary alicyclic amines) is 1. The highest BCUT2D eigenvalue weighted by atomic mass is 16.2. The molecule has 0 aromatic heterocycles. The zero-order chi connectivity index (χ0) is 16.8. The molecule has 2 rings (SSSR count). The standard InChI is InChI=1S/C18H27N3O2/c1-4-20(5-2)18(23)21-11-9-15(10-12-21)17(22)19-16-8-6-7-14(3)13-16/h6-8,13,15H,4-5,9-12H2,1-3H3,(H,19,22). The van der Waals surface area contributed by atoms with Crippen LogP contribution < -0.4 is 5.32 Å². The van der Waals surface area contributed by atoms with Crippen molar-refractivity contribution in [3.63, 3.8) is 0 Å². The second-order valence-electron chi connectivity index (χ2n) is 6.07. The topological polar surface area (TPSA) is 52.7 Å². The molecule has 0 bridgehead atoms. The van der Waals surface area contributed by atoms with Crippen LogP contribution in [0.25, 0.3) is 0 Å². The van der Waals surface area contributed by atoms with Gasteiger partial charge in [0.25, 0.3) is 0 Å². The van der Waals surface area contributed by atoms with E-state index >= 15 is 0 Å². The van der Waals surface area contributed by atoms with Crippen LogP contribution in [-0.4, -0.2) is 47.9 Å². The van der Waals surface area contributed by atoms with Crippen molar-refractivity contribution in [1.29, 1.82) is 0 Å². The smallest absolute Gasteiger partial charge is 0.319 e. The number of carbonyl (C=O) groups is 2. The molecule has 1 heterocycles. The van der Waals surface area contributed by atoms with Crippen LogP contribution in [0.1, 0.15) is 32.3 Å². The van der Waals surface area contributed by atoms with Crippen molar-refractivity contribution in [3.8, 4) is 0 Å². The van der Waals surface area contributed by atoms with E-state index in [1.165, 1.54) is 0 Å². The van der Waals surface area contributed by atoms with Gasteiger partial charge in [-0.25, -0.2) is 4.79 Å². The SMILES string of the molecule is CCN(CC)C(=O)N1CCC(C(=O)Nc2cccc(C)c2)CC1. The summed E-state index contributed by atoms with van der Waals surface area (Å²) in [6.45, 7) is 8.74. The summed E-state index contributed by atoms with van der Waals surface area (Å²) in [4.78, 5) is 28.4. The molecular formula is C18H27N3O2. The van der Waals surface area contributed by atoms with Gasteiger partial charge in [0.15, 0.2) is 0 Å². The third-order valence-corrected chi connectivity index (χ3v) is 4.46. The van der Waals surface area contributed by atoms with Crippen molar-refractivity contribution in [2.24, 2.45) is 5.92 Å². The molecule has 0 spiro atoms. The number of nitrogens with zero attached hydrogens (tertiary/aromatic N) is 2. The third-order valence-electron chi connectivity index (χ3n) is 4.46. The van der Waals surface area contributed by atoms with E-state index in [-0.39, 0.29) is 17.9 Å². The van der Waals surface area contributed by atoms with Crippen molar-refractivity contribution in [2.75, 3.05) is 31.5 Å². The lowest BCUT2D eigenvalue weighted by molar-refractivity contribution is -0.121. The van der Waals surface area contributed by atoms with Gasteiger partial charge in [0, 0.05) is 37.8 Å². The van der Waals surface area contributed by atoms with E-state index in [4.69, 9.17) is 0 Å². The summed E-state index contributed by atoms with van der Waals surface area (Å²) >= 11 is 0. The zero-order valence-corrected chi connectivity index (χ0v) is 14.3. The highest BCUT2D eigenvalue weighted by molar-refractivity contribution is 5.92. The van der Waals surface area contributed by atoms with Gasteiger partial charge in [-0.05, 0) is 51.3 Å². The van der Waals surface area contributed by atoms with Gasteiger partial charge in [-0.2, -0.15) is 0 Å². The van der Waals surface area contributed by atoms with Crippen LogP contribution in [-0.2, 0) is 4.79 Å². The molecule has 1 N–H and O–H groups in total. The van der Waals surface area contributed by atoms with Crippen molar-refractivity contribution in [3.05, 3.63) is 29.8 Å². The number of piperidine rings is 1. The molecule has 3 amide bonds. The Morgan fingerprint density at radius 3 is 2.43 bits per heavy atom. The summed E-state index contributed by atoms with van der Waals surface area (Å²) in [6.07, 6.45) is 1.45. The second kappa shape index (κ2) is 7.99. The number of carbonyl (C=O) groups excluding carboxylic acids is 2. The fraction of sp³-hybridized carbons (Fsp3) is 0.556. The first-order valence-corrected chi connectivity index (χ1v) is 8.46. The quantitative estimate of drug-likeness (QED) is 0.927. The Morgan fingerprint density at radius 1 is 1.22 bits per heavy atom. The van der Waals surface area contributed by atoms with Crippen LogP contribution >= 0.6 is 0 Å². The van der Waals surface area contributed by atoms with E-state index in [0.29, 0.717) is 13.1 Å². The summed E-state index contributed by atoms with van der Waals surface area (Å²) in [5.41, 5.74) is 1.97. The molecule has 1 aromatic rings. The van der Waals surface area contributed by atoms with E-state index < -0.39 is 0 Å². The number of rotatable bonds is 4. The van der Waals surface area contributed by atoms with Gasteiger partial charge in [-0.3, -0.25) is 4.79 Å². The van der Waals surface area contributed by atoms with Gasteiger partial charge >= 0.3 is 6.03 Å². The number of hydrogen-bond acceptors (Lipinski definition) is 2. The maximum absolute atomic E-state index is 12.4. The average molecular weight is 317 g/mol. The molecule has 1 aromatic carbocycles. The number of amides is 3. The van der Waals surface area contributed by atoms with Crippen LogP contribution in [0.15, 0.2) is 24.3 Å². The molecule has 5 heteroatoms. The van der Waals surface area contributed by atoms with E-state index in [0.717, 1.165) is 37.2 Å². The average Bonchev–Trinajstić information content (AvgIpc) is 2.56. The lowest BCUT2D eigenvalue weighted by Crippen LogP contribution is -2.47. The van der Waals surface area contributed by atoms with Crippen LogP contribution in [0.3, 0.4) is 0 Å². The fourth-order valence-electron chi connectivity index (χ4n) is 2.99. The van der Waals surface area contributed by atoms with Gasteiger partial charge < -0.3 is 15.1 Å². The number of benzene rings is 1. The number of hydrogen-bond donors (Lipinski definition) is 1. The minimum Gasteiger partial charge on any atom is -0.326 e. The normalized spacial score (nSPS) is 15.3. The summed E-state index contributed by atoms with van der Waals surface area (Å²) in [5.74, 6) is 0.0433. The summed E-state index contributed by atoms with van der Waals surface area (Å²) in [6, 6.07) is 7.91. The maximum Gasteiger partial charge on any atom is 0.319 e. The Bertz CT molecular complexity index is 547. The Balaban J connectivity index is 1.86. The first-order valence-electron chi connectivity index (χ1n) is 8.46. The molecule has 1 aliphatic rings. The lowest BCUT2D eigenvalue weighted by Gasteiger charge is -2.34. The van der Waals surface area contributed by atoms with Gasteiger partial charge in [-0.1, -0.05) is 12.1 Å². The zero-order valence-electron chi connectivity index (χ0n) is 14.3. The minimum absolute atomic E-state index is 0.0173. The Hall–Kier alpha value is -2.04. The largest absolute Gasteiger partial charge is 0.326 e. The molecule has 0 saturated carbocycles. The molecule has 1 fully saturated rings. The number of aryl methyl sites for hydroxylation is 1. The van der Waals surface area contributed by atoms with Crippen LogP contribution in [0.2, 0.25) is 0 Å². The molecule has 5 nitrogen and oxygen atoms in total. The minimum atomic E-state index is -0.0173. The summed E-state index contributed by atoms with van der Waals surface area (Å²) in [7, 11) is 0. The van der Waals surface area contributed by atoms with Crippen LogP contribution in [0.4, 0.5) is 10.5 Å². The number of urea groups is 1. The van der Waals surface area contributed by atoms with Gasteiger partial charge in [0.1, 0.15) is 0 Å². The molecule has 0 aliphatic carbocycles. The predicted molar refractivity (Wildman–Crippen MR) is 92.4 cm³/mol. The predicted octanol–water partition coefficient (Wildman–Crippen LogP) is 3.11. The molecule has 23 heavy (non-hydrogen) atoms. The number of anilines is 1. The van der Waals surface area contributed by atoms with Gasteiger partial charge in [0.2, 0.25) is 5.91 Å². The Labute approximate surface area is 138 Å². The van der Waals surface area contributed by atoms with Crippen molar-refractivity contribution in [2.45, 2.75) is 33.6 Å². The molecular weight excluding hydrogens is 290 g/mol. The monoisotopic (exact) mass is 317 g/mol. The lowest BCUT2D eigenvalue weighted by atomic mass is 9.96. The van der Waals surface area contributed by atoms with Crippen molar-refractivity contribution >= 4 is 17.6 Å². The van der Waals surface area contributed by atoms with Crippen LogP contribution in [0.5, 0.6) is 0 Å². The highest BCUT2D eigenvalue weighted by Crippen LogP contribution is 2.21. The second-order valence-corrected chi connectivity index (χ2v) is 6.07. The van der Waals surface area contributed by atoms with E-state index in [9.17, 15) is 9.59 Å². The summed E-state index contributed by atoms with van der Waals surface area (Å²) in [5, 5.41) is 2.99. The van der Waals surface area contributed by atoms with Crippen LogP contribution in [0, 0.1) is 12.8 Å².